The molecule has 1 aromatic rings. The van der Waals surface area contributed by atoms with Crippen LogP contribution in [0.4, 0.5) is 0 Å². The van der Waals surface area contributed by atoms with Gasteiger partial charge in [0.1, 0.15) is 0 Å². The zero-order valence-electron chi connectivity index (χ0n) is 8.62. The number of hydrogen-bond acceptors (Lipinski definition) is 2. The molecule has 1 aromatic heterocycles. The maximum Gasteiger partial charge on any atom is 0.261 e. The highest BCUT2D eigenvalue weighted by molar-refractivity contribution is 5.93. The number of aromatic nitrogens is 1. The van der Waals surface area contributed by atoms with E-state index in [1.165, 1.54) is 6.92 Å². The van der Waals surface area contributed by atoms with Crippen molar-refractivity contribution < 1.29 is 4.79 Å². The average Bonchev–Trinajstić information content (AvgIpc) is 2.16. The number of aryl methyl sites for hydroxylation is 1. The molecular weight excluding hydrogens is 178 g/mol. The van der Waals surface area contributed by atoms with Crippen LogP contribution < -0.4 is 5.56 Å². The van der Waals surface area contributed by atoms with E-state index in [1.807, 2.05) is 0 Å². The average molecular weight is 193 g/mol. The maximum absolute atomic E-state index is 11.7. The molecule has 0 N–H and O–H groups in total. The van der Waals surface area contributed by atoms with Gasteiger partial charge in [0.15, 0.2) is 5.78 Å². The zero-order chi connectivity index (χ0) is 10.6. The van der Waals surface area contributed by atoms with Crippen molar-refractivity contribution >= 4 is 5.78 Å². The molecule has 0 aliphatic carbocycles. The van der Waals surface area contributed by atoms with Crippen molar-refractivity contribution in [3.8, 4) is 0 Å². The molecule has 76 valence electrons. The predicted octanol–water partition coefficient (Wildman–Crippen LogP) is 1.85. The van der Waals surface area contributed by atoms with E-state index in [1.54, 1.807) is 22.9 Å². The third kappa shape index (κ3) is 2.31. The summed E-state index contributed by atoms with van der Waals surface area (Å²) in [5, 5.41) is 0. The molecule has 0 atom stereocenters. The van der Waals surface area contributed by atoms with Crippen LogP contribution in [0.25, 0.3) is 0 Å². The molecule has 0 spiro atoms. The van der Waals surface area contributed by atoms with Crippen LogP contribution in [0.15, 0.2) is 23.1 Å². The van der Waals surface area contributed by atoms with E-state index in [4.69, 9.17) is 0 Å². The molecule has 14 heavy (non-hydrogen) atoms. The zero-order valence-corrected chi connectivity index (χ0v) is 8.62. The molecule has 1 heterocycles. The van der Waals surface area contributed by atoms with Gasteiger partial charge in [-0.3, -0.25) is 9.59 Å². The number of Topliss-reactive ketones (excluding diaryl/α,β-unsaturated/α-hetero) is 1. The smallest absolute Gasteiger partial charge is 0.261 e. The van der Waals surface area contributed by atoms with Gasteiger partial charge < -0.3 is 4.57 Å². The van der Waals surface area contributed by atoms with E-state index >= 15 is 0 Å². The van der Waals surface area contributed by atoms with Crippen LogP contribution >= 0.6 is 0 Å². The fourth-order valence-electron chi connectivity index (χ4n) is 1.31. The first-order chi connectivity index (χ1) is 6.66. The van der Waals surface area contributed by atoms with E-state index in [-0.39, 0.29) is 16.9 Å². The summed E-state index contributed by atoms with van der Waals surface area (Å²) in [4.78, 5) is 22.7. The normalized spacial score (nSPS) is 10.1. The first-order valence-electron chi connectivity index (χ1n) is 4.87. The molecule has 0 aromatic carbocycles. The standard InChI is InChI=1S/C11H15NO2/c1-3-4-7-12-8-5-6-10(9(2)13)11(12)14/h5-6,8H,3-4,7H2,1-2H3. The van der Waals surface area contributed by atoms with E-state index in [9.17, 15) is 9.59 Å². The first-order valence-corrected chi connectivity index (χ1v) is 4.87. The van der Waals surface area contributed by atoms with Gasteiger partial charge in [0.05, 0.1) is 5.56 Å². The van der Waals surface area contributed by atoms with Gasteiger partial charge in [-0.25, -0.2) is 0 Å². The highest BCUT2D eigenvalue weighted by atomic mass is 16.1. The van der Waals surface area contributed by atoms with Crippen molar-refractivity contribution in [1.29, 1.82) is 0 Å². The number of carbonyl (C=O) groups is 1. The molecule has 0 amide bonds. The second-order valence-corrected chi connectivity index (χ2v) is 3.33. The molecule has 1 rings (SSSR count). The first kappa shape index (κ1) is 10.7. The molecule has 0 radical (unpaired) electrons. The number of ketones is 1. The van der Waals surface area contributed by atoms with E-state index in [0.717, 1.165) is 12.8 Å². The van der Waals surface area contributed by atoms with Crippen molar-refractivity contribution in [2.45, 2.75) is 33.2 Å². The van der Waals surface area contributed by atoms with Gasteiger partial charge in [-0.1, -0.05) is 13.3 Å². The minimum atomic E-state index is -0.173. The van der Waals surface area contributed by atoms with Crippen LogP contribution in [0.1, 0.15) is 37.0 Å². The van der Waals surface area contributed by atoms with Crippen molar-refractivity contribution in [1.82, 2.24) is 4.57 Å². The highest BCUT2D eigenvalue weighted by Crippen LogP contribution is 1.96. The molecule has 0 aliphatic heterocycles. The third-order valence-corrected chi connectivity index (χ3v) is 2.15. The summed E-state index contributed by atoms with van der Waals surface area (Å²) in [7, 11) is 0. The van der Waals surface area contributed by atoms with Crippen LogP contribution in [0.2, 0.25) is 0 Å². The monoisotopic (exact) mass is 193 g/mol. The quantitative estimate of drug-likeness (QED) is 0.684. The summed E-state index contributed by atoms with van der Waals surface area (Å²) in [5.41, 5.74) is 0.108. The van der Waals surface area contributed by atoms with Gasteiger partial charge in [0, 0.05) is 12.7 Å². The summed E-state index contributed by atoms with van der Waals surface area (Å²) in [6.45, 7) is 4.18. The second-order valence-electron chi connectivity index (χ2n) is 3.33. The number of rotatable bonds is 4. The molecule has 0 fully saturated rings. The molecule has 3 heteroatoms. The van der Waals surface area contributed by atoms with E-state index in [2.05, 4.69) is 6.92 Å². The Balaban J connectivity index is 3.02. The summed E-state index contributed by atoms with van der Waals surface area (Å²) < 4.78 is 1.60. The lowest BCUT2D eigenvalue weighted by atomic mass is 10.2. The highest BCUT2D eigenvalue weighted by Gasteiger charge is 2.06. The molecule has 0 saturated heterocycles. The third-order valence-electron chi connectivity index (χ3n) is 2.15. The van der Waals surface area contributed by atoms with Gasteiger partial charge >= 0.3 is 0 Å². The number of hydrogen-bond donors (Lipinski definition) is 0. The van der Waals surface area contributed by atoms with Gasteiger partial charge in [-0.15, -0.1) is 0 Å². The van der Waals surface area contributed by atoms with E-state index < -0.39 is 0 Å². The van der Waals surface area contributed by atoms with Gasteiger partial charge in [0.2, 0.25) is 0 Å². The van der Waals surface area contributed by atoms with Gasteiger partial charge in [-0.05, 0) is 25.5 Å². The summed E-state index contributed by atoms with van der Waals surface area (Å²) in [5.74, 6) is -0.166. The molecular formula is C11H15NO2. The Hall–Kier alpha value is -1.38. The fraction of sp³-hybridized carbons (Fsp3) is 0.455. The topological polar surface area (TPSA) is 39.1 Å². The minimum absolute atomic E-state index is 0.166. The largest absolute Gasteiger partial charge is 0.315 e. The van der Waals surface area contributed by atoms with Crippen molar-refractivity contribution in [3.05, 3.63) is 34.2 Å². The van der Waals surface area contributed by atoms with Gasteiger partial charge in [-0.2, -0.15) is 0 Å². The number of unbranched alkanes of at least 4 members (excludes halogenated alkanes) is 1. The van der Waals surface area contributed by atoms with Gasteiger partial charge in [0.25, 0.3) is 5.56 Å². The maximum atomic E-state index is 11.7. The SMILES string of the molecule is CCCCn1cccc(C(C)=O)c1=O. The molecule has 0 unspecified atom stereocenters. The van der Waals surface area contributed by atoms with E-state index in [0.29, 0.717) is 6.54 Å². The predicted molar refractivity (Wildman–Crippen MR) is 55.6 cm³/mol. The lowest BCUT2D eigenvalue weighted by Crippen LogP contribution is -2.24. The van der Waals surface area contributed by atoms with Crippen molar-refractivity contribution in [2.24, 2.45) is 0 Å². The van der Waals surface area contributed by atoms with Crippen LogP contribution in [0, 0.1) is 0 Å². The van der Waals surface area contributed by atoms with Crippen LogP contribution in [0.3, 0.4) is 0 Å². The number of carbonyl (C=O) groups excluding carboxylic acids is 1. The fourth-order valence-corrected chi connectivity index (χ4v) is 1.31. The summed E-state index contributed by atoms with van der Waals surface area (Å²) in [6, 6.07) is 3.32. The van der Waals surface area contributed by atoms with Crippen molar-refractivity contribution in [3.63, 3.8) is 0 Å². The summed E-state index contributed by atoms with van der Waals surface area (Å²) in [6.07, 6.45) is 3.72. The number of nitrogens with zero attached hydrogens (tertiary/aromatic N) is 1. The molecule has 0 aliphatic rings. The minimum Gasteiger partial charge on any atom is -0.315 e. The Morgan fingerprint density at radius 3 is 2.79 bits per heavy atom. The molecule has 0 saturated carbocycles. The van der Waals surface area contributed by atoms with Crippen LogP contribution in [0.5, 0.6) is 0 Å². The Morgan fingerprint density at radius 2 is 2.21 bits per heavy atom. The second kappa shape index (κ2) is 4.74. The Morgan fingerprint density at radius 1 is 1.50 bits per heavy atom. The van der Waals surface area contributed by atoms with Crippen LogP contribution in [-0.2, 0) is 6.54 Å². The lowest BCUT2D eigenvalue weighted by molar-refractivity contribution is 0.101. The molecule has 0 bridgehead atoms. The van der Waals surface area contributed by atoms with Crippen molar-refractivity contribution in [2.75, 3.05) is 0 Å². The Labute approximate surface area is 83.4 Å². The molecule has 3 nitrogen and oxygen atoms in total. The Bertz CT molecular complexity index is 379. The lowest BCUT2D eigenvalue weighted by Gasteiger charge is -2.04. The summed E-state index contributed by atoms with van der Waals surface area (Å²) >= 11 is 0. The number of pyridine rings is 1. The van der Waals surface area contributed by atoms with Crippen LogP contribution in [-0.4, -0.2) is 10.4 Å². The Kier molecular flexibility index (Phi) is 3.63.